The van der Waals surface area contributed by atoms with Crippen molar-refractivity contribution in [2.75, 3.05) is 50.1 Å². The summed E-state index contributed by atoms with van der Waals surface area (Å²) in [4.78, 5) is 15.8. The van der Waals surface area contributed by atoms with Gasteiger partial charge in [-0.05, 0) is 29.8 Å². The maximum atomic E-state index is 4.43. The zero-order chi connectivity index (χ0) is 17.9. The molecule has 0 saturated carbocycles. The Kier molecular flexibility index (Phi) is 4.62. The van der Waals surface area contributed by atoms with E-state index < -0.39 is 0 Å². The van der Waals surface area contributed by atoms with Crippen molar-refractivity contribution in [1.29, 1.82) is 0 Å². The topological polar surface area (TPSA) is 61.3 Å². The Morgan fingerprint density at radius 1 is 1.00 bits per heavy atom. The maximum absolute atomic E-state index is 4.43. The van der Waals surface area contributed by atoms with E-state index in [1.165, 1.54) is 11.3 Å². The fourth-order valence-electron chi connectivity index (χ4n) is 3.42. The molecule has 2 aromatic heterocycles. The number of benzene rings is 1. The van der Waals surface area contributed by atoms with E-state index in [9.17, 15) is 0 Å². The Balaban J connectivity index is 1.48. The fraction of sp³-hybridized carbons (Fsp3) is 0.368. The molecule has 26 heavy (non-hydrogen) atoms. The van der Waals surface area contributed by atoms with Crippen molar-refractivity contribution in [3.05, 3.63) is 48.5 Å². The highest BCUT2D eigenvalue weighted by molar-refractivity contribution is 5.91. The molecule has 0 unspecified atom stereocenters. The quantitative estimate of drug-likeness (QED) is 0.712. The minimum Gasteiger partial charge on any atom is -0.369 e. The average molecular weight is 349 g/mol. The highest BCUT2D eigenvalue weighted by Crippen LogP contribution is 2.27. The van der Waals surface area contributed by atoms with Crippen LogP contribution in [-0.2, 0) is 6.54 Å². The molecule has 3 heterocycles. The van der Waals surface area contributed by atoms with Gasteiger partial charge < -0.3 is 9.80 Å². The number of piperazine rings is 1. The summed E-state index contributed by atoms with van der Waals surface area (Å²) in [6, 6.07) is 8.50. The molecule has 0 bridgehead atoms. The van der Waals surface area contributed by atoms with Crippen molar-refractivity contribution in [3.63, 3.8) is 0 Å². The van der Waals surface area contributed by atoms with Crippen LogP contribution < -0.4 is 9.80 Å². The van der Waals surface area contributed by atoms with Gasteiger partial charge in [0.25, 0.3) is 0 Å². The molecule has 3 aromatic rings. The van der Waals surface area contributed by atoms with Gasteiger partial charge in [-0.1, -0.05) is 0 Å². The van der Waals surface area contributed by atoms with Crippen LogP contribution in [0.2, 0.25) is 0 Å². The highest BCUT2D eigenvalue weighted by Gasteiger charge is 2.18. The summed E-state index contributed by atoms with van der Waals surface area (Å²) in [5, 5.41) is 8.90. The molecule has 4 rings (SSSR count). The number of rotatable bonds is 4. The van der Waals surface area contributed by atoms with E-state index in [4.69, 9.17) is 0 Å². The Hall–Kier alpha value is -2.80. The van der Waals surface area contributed by atoms with Crippen LogP contribution in [0.25, 0.3) is 10.9 Å². The summed E-state index contributed by atoms with van der Waals surface area (Å²) in [6.07, 6.45) is 5.23. The van der Waals surface area contributed by atoms with Crippen LogP contribution >= 0.6 is 0 Å². The molecular formula is C19H23N7. The largest absolute Gasteiger partial charge is 0.369 e. The van der Waals surface area contributed by atoms with Crippen LogP contribution in [0.5, 0.6) is 0 Å². The summed E-state index contributed by atoms with van der Waals surface area (Å²) in [5.41, 5.74) is 3.43. The van der Waals surface area contributed by atoms with E-state index in [-0.39, 0.29) is 0 Å². The van der Waals surface area contributed by atoms with Crippen LogP contribution in [0, 0.1) is 0 Å². The van der Waals surface area contributed by atoms with Crippen LogP contribution in [0.1, 0.15) is 5.56 Å². The van der Waals surface area contributed by atoms with Gasteiger partial charge in [0, 0.05) is 64.1 Å². The zero-order valence-electron chi connectivity index (χ0n) is 15.2. The smallest absolute Gasteiger partial charge is 0.139 e. The second-order valence-corrected chi connectivity index (χ2v) is 6.81. The molecule has 0 N–H and O–H groups in total. The normalized spacial score (nSPS) is 15.4. The van der Waals surface area contributed by atoms with Crippen molar-refractivity contribution in [2.45, 2.75) is 6.54 Å². The molecule has 1 aliphatic heterocycles. The minimum atomic E-state index is 0.930. The number of anilines is 2. The van der Waals surface area contributed by atoms with E-state index >= 15 is 0 Å². The molecule has 0 atom stereocenters. The summed E-state index contributed by atoms with van der Waals surface area (Å²) in [7, 11) is 4.03. The molecule has 1 fully saturated rings. The van der Waals surface area contributed by atoms with Crippen molar-refractivity contribution < 1.29 is 0 Å². The number of hydrogen-bond donors (Lipinski definition) is 0. The number of nitrogens with zero attached hydrogens (tertiary/aromatic N) is 7. The molecular weight excluding hydrogens is 326 g/mol. The lowest BCUT2D eigenvalue weighted by molar-refractivity contribution is 0.249. The lowest BCUT2D eigenvalue weighted by Gasteiger charge is -2.36. The van der Waals surface area contributed by atoms with E-state index in [0.717, 1.165) is 49.4 Å². The van der Waals surface area contributed by atoms with Crippen molar-refractivity contribution >= 4 is 22.4 Å². The SMILES string of the molecule is CN(C)c1ncnc2ccc(N3CCN(Cc4ccnnc4)CC3)cc12. The van der Waals surface area contributed by atoms with Gasteiger partial charge in [-0.15, -0.1) is 0 Å². The third-order valence-corrected chi connectivity index (χ3v) is 4.81. The molecule has 1 aromatic carbocycles. The molecule has 134 valence electrons. The van der Waals surface area contributed by atoms with Gasteiger partial charge >= 0.3 is 0 Å². The first-order valence-corrected chi connectivity index (χ1v) is 8.86. The zero-order valence-corrected chi connectivity index (χ0v) is 15.2. The molecule has 0 aliphatic carbocycles. The summed E-state index contributed by atoms with van der Waals surface area (Å²) < 4.78 is 0. The van der Waals surface area contributed by atoms with E-state index in [1.54, 1.807) is 12.5 Å². The molecule has 0 amide bonds. The Morgan fingerprint density at radius 2 is 1.85 bits per heavy atom. The number of hydrogen-bond acceptors (Lipinski definition) is 7. The first-order chi connectivity index (χ1) is 12.7. The molecule has 1 aliphatic rings. The van der Waals surface area contributed by atoms with Gasteiger partial charge in [-0.2, -0.15) is 10.2 Å². The van der Waals surface area contributed by atoms with Crippen molar-refractivity contribution in [1.82, 2.24) is 25.1 Å². The Morgan fingerprint density at radius 3 is 2.58 bits per heavy atom. The second-order valence-electron chi connectivity index (χ2n) is 6.81. The van der Waals surface area contributed by atoms with E-state index in [1.807, 2.05) is 31.3 Å². The van der Waals surface area contributed by atoms with Crippen LogP contribution in [-0.4, -0.2) is 65.3 Å². The van der Waals surface area contributed by atoms with Gasteiger partial charge in [-0.25, -0.2) is 9.97 Å². The number of fused-ring (bicyclic) bond motifs is 1. The predicted molar refractivity (Wildman–Crippen MR) is 103 cm³/mol. The fourth-order valence-corrected chi connectivity index (χ4v) is 3.42. The van der Waals surface area contributed by atoms with Gasteiger partial charge in [0.05, 0.1) is 11.7 Å². The maximum Gasteiger partial charge on any atom is 0.139 e. The number of aromatic nitrogens is 4. The summed E-state index contributed by atoms with van der Waals surface area (Å²) in [6.45, 7) is 5.02. The third-order valence-electron chi connectivity index (χ3n) is 4.81. The average Bonchev–Trinajstić information content (AvgIpc) is 2.68. The van der Waals surface area contributed by atoms with Crippen LogP contribution in [0.4, 0.5) is 11.5 Å². The lowest BCUT2D eigenvalue weighted by atomic mass is 10.1. The van der Waals surface area contributed by atoms with E-state index in [2.05, 4.69) is 48.2 Å². The van der Waals surface area contributed by atoms with Crippen molar-refractivity contribution in [3.8, 4) is 0 Å². The predicted octanol–water partition coefficient (Wildman–Crippen LogP) is 1.81. The molecule has 0 radical (unpaired) electrons. The van der Waals surface area contributed by atoms with Gasteiger partial charge in [0.2, 0.25) is 0 Å². The van der Waals surface area contributed by atoms with E-state index in [0.29, 0.717) is 0 Å². The Bertz CT molecular complexity index is 873. The van der Waals surface area contributed by atoms with Gasteiger partial charge in [0.15, 0.2) is 0 Å². The third kappa shape index (κ3) is 3.43. The first-order valence-electron chi connectivity index (χ1n) is 8.86. The lowest BCUT2D eigenvalue weighted by Crippen LogP contribution is -2.46. The standard InChI is InChI=1S/C19H23N7/c1-24(2)19-17-11-16(3-4-18(17)20-14-21-19)26-9-7-25(8-10-26)13-15-5-6-22-23-12-15/h3-6,11-12,14H,7-10,13H2,1-2H3. The molecule has 7 heteroatoms. The summed E-state index contributed by atoms with van der Waals surface area (Å²) in [5.74, 6) is 0.959. The van der Waals surface area contributed by atoms with Crippen LogP contribution in [0.3, 0.4) is 0 Å². The Labute approximate surface area is 153 Å². The van der Waals surface area contributed by atoms with Gasteiger partial charge in [-0.3, -0.25) is 4.90 Å². The minimum absolute atomic E-state index is 0.930. The van der Waals surface area contributed by atoms with Crippen LogP contribution in [0.15, 0.2) is 43.0 Å². The molecule has 7 nitrogen and oxygen atoms in total. The van der Waals surface area contributed by atoms with Gasteiger partial charge in [0.1, 0.15) is 12.1 Å². The second kappa shape index (κ2) is 7.21. The highest BCUT2D eigenvalue weighted by atomic mass is 15.3. The monoisotopic (exact) mass is 349 g/mol. The molecule has 0 spiro atoms. The summed E-state index contributed by atoms with van der Waals surface area (Å²) >= 11 is 0. The first kappa shape index (κ1) is 16.7. The molecule has 1 saturated heterocycles. The van der Waals surface area contributed by atoms with Crippen molar-refractivity contribution in [2.24, 2.45) is 0 Å².